The Hall–Kier alpha value is -2.38. The average Bonchev–Trinajstić information content (AvgIpc) is 2.62. The molecule has 0 spiro atoms. The minimum Gasteiger partial charge on any atom is -0.383 e. The molecule has 1 amide bonds. The van der Waals surface area contributed by atoms with Crippen LogP contribution < -0.4 is 9.62 Å². The molecule has 6 nitrogen and oxygen atoms in total. The second kappa shape index (κ2) is 8.64. The van der Waals surface area contributed by atoms with E-state index < -0.39 is 10.0 Å². The minimum atomic E-state index is -3.60. The quantitative estimate of drug-likeness (QED) is 0.727. The number of carbonyl (C=O) groups is 1. The lowest BCUT2D eigenvalue weighted by Gasteiger charge is -2.19. The van der Waals surface area contributed by atoms with E-state index in [0.717, 1.165) is 5.56 Å². The Morgan fingerprint density at radius 3 is 2.32 bits per heavy atom. The van der Waals surface area contributed by atoms with Gasteiger partial charge in [-0.15, -0.1) is 0 Å². The van der Waals surface area contributed by atoms with Crippen molar-refractivity contribution in [1.29, 1.82) is 0 Å². The van der Waals surface area contributed by atoms with Crippen molar-refractivity contribution in [3.8, 4) is 0 Å². The first-order chi connectivity index (χ1) is 11.9. The molecule has 2 aromatic carbocycles. The first-order valence-electron chi connectivity index (χ1n) is 7.83. The van der Waals surface area contributed by atoms with Crippen LogP contribution in [0.4, 0.5) is 5.69 Å². The summed E-state index contributed by atoms with van der Waals surface area (Å²) in [6.07, 6.45) is 0.235. The lowest BCUT2D eigenvalue weighted by atomic mass is 10.1. The summed E-state index contributed by atoms with van der Waals surface area (Å²) in [6.45, 7) is 0.929. The molecule has 2 aromatic rings. The van der Waals surface area contributed by atoms with E-state index in [0.29, 0.717) is 18.8 Å². The molecule has 0 radical (unpaired) electrons. The number of carbonyl (C=O) groups excluding carboxylic acids is 1. The normalized spacial score (nSPS) is 11.1. The number of ether oxygens (including phenoxy) is 1. The molecule has 1 N–H and O–H groups in total. The van der Waals surface area contributed by atoms with E-state index in [9.17, 15) is 13.2 Å². The van der Waals surface area contributed by atoms with Crippen LogP contribution in [-0.4, -0.2) is 41.6 Å². The molecule has 2 rings (SSSR count). The highest BCUT2D eigenvalue weighted by molar-refractivity contribution is 7.92. The number of rotatable bonds is 8. The van der Waals surface area contributed by atoms with Gasteiger partial charge < -0.3 is 10.1 Å². The number of anilines is 1. The second-order valence-electron chi connectivity index (χ2n) is 5.47. The number of hydrogen-bond acceptors (Lipinski definition) is 4. The van der Waals surface area contributed by atoms with E-state index in [1.807, 2.05) is 0 Å². The molecule has 25 heavy (non-hydrogen) atoms. The Labute approximate surface area is 148 Å². The van der Waals surface area contributed by atoms with Crippen molar-refractivity contribution < 1.29 is 17.9 Å². The molecule has 0 saturated heterocycles. The smallest absolute Gasteiger partial charge is 0.264 e. The van der Waals surface area contributed by atoms with Crippen molar-refractivity contribution in [3.63, 3.8) is 0 Å². The second-order valence-corrected chi connectivity index (χ2v) is 7.44. The van der Waals surface area contributed by atoms with Crippen molar-refractivity contribution in [3.05, 3.63) is 60.2 Å². The maximum absolute atomic E-state index is 12.6. The zero-order chi connectivity index (χ0) is 18.3. The van der Waals surface area contributed by atoms with E-state index in [2.05, 4.69) is 5.32 Å². The van der Waals surface area contributed by atoms with Crippen molar-refractivity contribution in [1.82, 2.24) is 5.32 Å². The van der Waals surface area contributed by atoms with Crippen LogP contribution in [0.1, 0.15) is 5.56 Å². The van der Waals surface area contributed by atoms with Crippen LogP contribution in [-0.2, 0) is 26.0 Å². The van der Waals surface area contributed by atoms with E-state index in [-0.39, 0.29) is 17.2 Å². The van der Waals surface area contributed by atoms with Gasteiger partial charge in [0.15, 0.2) is 0 Å². The number of benzene rings is 2. The van der Waals surface area contributed by atoms with Gasteiger partial charge in [-0.3, -0.25) is 9.10 Å². The van der Waals surface area contributed by atoms with Gasteiger partial charge in [-0.2, -0.15) is 0 Å². The largest absolute Gasteiger partial charge is 0.383 e. The highest BCUT2D eigenvalue weighted by Crippen LogP contribution is 2.22. The van der Waals surface area contributed by atoms with Crippen LogP contribution in [0.3, 0.4) is 0 Å². The molecule has 0 saturated carbocycles. The number of amides is 1. The summed E-state index contributed by atoms with van der Waals surface area (Å²) in [4.78, 5) is 12.0. The van der Waals surface area contributed by atoms with Crippen molar-refractivity contribution >= 4 is 21.6 Å². The third kappa shape index (κ3) is 5.04. The summed E-state index contributed by atoms with van der Waals surface area (Å²) in [6, 6.07) is 15.2. The lowest BCUT2D eigenvalue weighted by molar-refractivity contribution is -0.120. The molecule has 0 aliphatic rings. The van der Waals surface area contributed by atoms with Crippen LogP contribution in [0.5, 0.6) is 0 Å². The van der Waals surface area contributed by atoms with Gasteiger partial charge in [-0.25, -0.2) is 8.42 Å². The fourth-order valence-electron chi connectivity index (χ4n) is 2.25. The highest BCUT2D eigenvalue weighted by atomic mass is 32.2. The molecule has 0 bridgehead atoms. The molecule has 7 heteroatoms. The van der Waals surface area contributed by atoms with Gasteiger partial charge in [0.25, 0.3) is 10.0 Å². The topological polar surface area (TPSA) is 75.7 Å². The number of nitrogens with one attached hydrogen (secondary N) is 1. The first kappa shape index (κ1) is 19.0. The highest BCUT2D eigenvalue weighted by Gasteiger charge is 2.20. The third-order valence-electron chi connectivity index (χ3n) is 3.69. The fraction of sp³-hybridized carbons (Fsp3) is 0.278. The number of nitrogens with zero attached hydrogens (tertiary/aromatic N) is 1. The number of hydrogen-bond donors (Lipinski definition) is 1. The Balaban J connectivity index is 2.05. The van der Waals surface area contributed by atoms with Crippen molar-refractivity contribution in [2.75, 3.05) is 31.6 Å². The van der Waals surface area contributed by atoms with Crippen LogP contribution in [0.15, 0.2) is 59.5 Å². The molecule has 0 atom stereocenters. The van der Waals surface area contributed by atoms with Gasteiger partial charge in [0.1, 0.15) is 0 Å². The molecular formula is C18H22N2O4S. The molecule has 0 heterocycles. The lowest BCUT2D eigenvalue weighted by Crippen LogP contribution is -2.28. The third-order valence-corrected chi connectivity index (χ3v) is 5.49. The molecule has 134 valence electrons. The standard InChI is InChI=1S/C18H22N2O4S/c1-20(25(22,23)17-6-4-3-5-7-17)16-10-8-15(9-11-16)14-18(21)19-12-13-24-2/h3-11H,12-14H2,1-2H3,(H,19,21). The maximum atomic E-state index is 12.6. The maximum Gasteiger partial charge on any atom is 0.264 e. The summed E-state index contributed by atoms with van der Waals surface area (Å²) in [5.74, 6) is -0.102. The molecule has 0 aliphatic heterocycles. The fourth-order valence-corrected chi connectivity index (χ4v) is 3.47. The van der Waals surface area contributed by atoms with Crippen LogP contribution >= 0.6 is 0 Å². The summed E-state index contributed by atoms with van der Waals surface area (Å²) in [7, 11) is -0.520. The van der Waals surface area contributed by atoms with Gasteiger partial charge in [-0.05, 0) is 29.8 Å². The molecule has 0 aromatic heterocycles. The molecule has 0 unspecified atom stereocenters. The number of sulfonamides is 1. The summed E-state index contributed by atoms with van der Waals surface area (Å²) < 4.78 is 31.3. The molecular weight excluding hydrogens is 340 g/mol. The predicted octanol–water partition coefficient (Wildman–Crippen LogP) is 1.82. The summed E-state index contributed by atoms with van der Waals surface area (Å²) in [5, 5.41) is 2.74. The van der Waals surface area contributed by atoms with Crippen molar-refractivity contribution in [2.24, 2.45) is 0 Å². The van der Waals surface area contributed by atoms with E-state index >= 15 is 0 Å². The monoisotopic (exact) mass is 362 g/mol. The van der Waals surface area contributed by atoms with Gasteiger partial charge in [-0.1, -0.05) is 30.3 Å². The van der Waals surface area contributed by atoms with Gasteiger partial charge in [0, 0.05) is 20.7 Å². The average molecular weight is 362 g/mol. The molecule has 0 aliphatic carbocycles. The van der Waals surface area contributed by atoms with Crippen LogP contribution in [0, 0.1) is 0 Å². The first-order valence-corrected chi connectivity index (χ1v) is 9.27. The van der Waals surface area contributed by atoms with Crippen LogP contribution in [0.25, 0.3) is 0 Å². The zero-order valence-electron chi connectivity index (χ0n) is 14.3. The van der Waals surface area contributed by atoms with Gasteiger partial charge in [0.05, 0.1) is 23.6 Å². The Morgan fingerprint density at radius 1 is 1.08 bits per heavy atom. The van der Waals surface area contributed by atoms with E-state index in [4.69, 9.17) is 4.74 Å². The van der Waals surface area contributed by atoms with Gasteiger partial charge in [0.2, 0.25) is 5.91 Å². The predicted molar refractivity (Wildman–Crippen MR) is 97.1 cm³/mol. The zero-order valence-corrected chi connectivity index (χ0v) is 15.1. The van der Waals surface area contributed by atoms with E-state index in [1.165, 1.54) is 11.4 Å². The number of methoxy groups -OCH3 is 1. The van der Waals surface area contributed by atoms with Crippen LogP contribution in [0.2, 0.25) is 0 Å². The van der Waals surface area contributed by atoms with E-state index in [1.54, 1.807) is 61.7 Å². The Morgan fingerprint density at radius 2 is 1.72 bits per heavy atom. The van der Waals surface area contributed by atoms with Gasteiger partial charge >= 0.3 is 0 Å². The summed E-state index contributed by atoms with van der Waals surface area (Å²) in [5.41, 5.74) is 1.34. The Kier molecular flexibility index (Phi) is 6.55. The Bertz CT molecular complexity index is 790. The molecule has 0 fully saturated rings. The minimum absolute atomic E-state index is 0.102. The van der Waals surface area contributed by atoms with Crippen molar-refractivity contribution in [2.45, 2.75) is 11.3 Å². The SMILES string of the molecule is COCCNC(=O)Cc1ccc(N(C)S(=O)(=O)c2ccccc2)cc1. The summed E-state index contributed by atoms with van der Waals surface area (Å²) >= 11 is 0.